The zero-order valence-electron chi connectivity index (χ0n) is 16.3. The summed E-state index contributed by atoms with van der Waals surface area (Å²) in [5.74, 6) is -9.66. The second-order valence-electron chi connectivity index (χ2n) is 7.08. The van der Waals surface area contributed by atoms with Gasteiger partial charge in [0.2, 0.25) is 0 Å². The first kappa shape index (κ1) is 23.7. The van der Waals surface area contributed by atoms with E-state index >= 15 is 4.39 Å². The molecule has 1 fully saturated rings. The fourth-order valence-electron chi connectivity index (χ4n) is 3.43. The Labute approximate surface area is 177 Å². The normalized spacial score (nSPS) is 30.0. The van der Waals surface area contributed by atoms with Crippen LogP contribution in [0, 0.1) is 0 Å². The van der Waals surface area contributed by atoms with Crippen molar-refractivity contribution < 1.29 is 44.7 Å². The number of alkyl halides is 1. The van der Waals surface area contributed by atoms with Crippen LogP contribution in [-0.4, -0.2) is 82.2 Å². The number of carboxylic acids is 1. The molecule has 0 saturated carbocycles. The van der Waals surface area contributed by atoms with E-state index in [2.05, 4.69) is 0 Å². The average Bonchev–Trinajstić information content (AvgIpc) is 2.90. The van der Waals surface area contributed by atoms with Crippen LogP contribution in [0.25, 0.3) is 0 Å². The van der Waals surface area contributed by atoms with Crippen LogP contribution in [0.4, 0.5) is 4.39 Å². The topological polar surface area (TPSA) is 206 Å². The minimum atomic E-state index is -4.10. The summed E-state index contributed by atoms with van der Waals surface area (Å²) in [7, 11) is 0. The second kappa shape index (κ2) is 8.18. The second-order valence-corrected chi connectivity index (χ2v) is 7.08. The van der Waals surface area contributed by atoms with Crippen LogP contribution in [0.1, 0.15) is 15.9 Å². The standard InChI is InChI=1S/C18H20FN3O10/c19-16(28)12(9-23)32-18(30,21-8-11(14(25)26)13(24)20-15(21)27)17(16,29)22(31)7-6-10-4-2-1-3-5-10/h1-5,8,12,23,28-31H,6-7,9H2,(H,25,26)(H,20,24,27)/t12-,16-,17-,18-/m1/s1. The lowest BCUT2D eigenvalue weighted by Gasteiger charge is -2.43. The van der Waals surface area contributed by atoms with E-state index in [-0.39, 0.29) is 22.2 Å². The summed E-state index contributed by atoms with van der Waals surface area (Å²) in [6.07, 6.45) is -2.23. The number of H-pyrrole nitrogens is 1. The molecule has 0 bridgehead atoms. The van der Waals surface area contributed by atoms with Gasteiger partial charge in [0.1, 0.15) is 11.7 Å². The zero-order chi connectivity index (χ0) is 23.9. The van der Waals surface area contributed by atoms with Crippen LogP contribution in [0.3, 0.4) is 0 Å². The first-order valence-electron chi connectivity index (χ1n) is 9.15. The van der Waals surface area contributed by atoms with Crippen molar-refractivity contribution in [3.05, 3.63) is 68.5 Å². The summed E-state index contributed by atoms with van der Waals surface area (Å²) in [6.45, 7) is -1.98. The molecule has 7 N–H and O–H groups in total. The number of aliphatic hydroxyl groups excluding tert-OH is 1. The predicted molar refractivity (Wildman–Crippen MR) is 100 cm³/mol. The Kier molecular flexibility index (Phi) is 6.05. The molecule has 3 rings (SSSR count). The molecule has 1 aliphatic heterocycles. The van der Waals surface area contributed by atoms with Gasteiger partial charge in [-0.25, -0.2) is 18.5 Å². The van der Waals surface area contributed by atoms with Crippen LogP contribution in [-0.2, 0) is 17.1 Å². The van der Waals surface area contributed by atoms with Crippen molar-refractivity contribution in [1.29, 1.82) is 0 Å². The van der Waals surface area contributed by atoms with Crippen molar-refractivity contribution in [2.75, 3.05) is 13.2 Å². The highest BCUT2D eigenvalue weighted by Gasteiger charge is 2.79. The van der Waals surface area contributed by atoms with Crippen LogP contribution in [0.5, 0.6) is 0 Å². The van der Waals surface area contributed by atoms with Gasteiger partial charge in [-0.15, -0.1) is 5.06 Å². The molecule has 174 valence electrons. The summed E-state index contributed by atoms with van der Waals surface area (Å²) in [5.41, 5.74) is -7.37. The Hall–Kier alpha value is -2.98. The third-order valence-corrected chi connectivity index (χ3v) is 5.17. The highest BCUT2D eigenvalue weighted by atomic mass is 19.2. The van der Waals surface area contributed by atoms with Crippen molar-refractivity contribution in [1.82, 2.24) is 14.6 Å². The monoisotopic (exact) mass is 457 g/mol. The summed E-state index contributed by atoms with van der Waals surface area (Å²) in [5, 5.41) is 61.1. The molecule has 2 aromatic rings. The number of carboxylic acid groups (broad SMARTS) is 1. The first-order chi connectivity index (χ1) is 14.9. The number of ether oxygens (including phenoxy) is 1. The Bertz CT molecular complexity index is 1120. The fourth-order valence-corrected chi connectivity index (χ4v) is 3.43. The Morgan fingerprint density at radius 2 is 1.84 bits per heavy atom. The van der Waals surface area contributed by atoms with Gasteiger partial charge in [-0.3, -0.25) is 9.78 Å². The van der Waals surface area contributed by atoms with Crippen LogP contribution >= 0.6 is 0 Å². The van der Waals surface area contributed by atoms with Gasteiger partial charge in [-0.1, -0.05) is 30.3 Å². The predicted octanol–water partition coefficient (Wildman–Crippen LogP) is -2.49. The quantitative estimate of drug-likeness (QED) is 0.171. The maximum atomic E-state index is 15.3. The molecule has 2 heterocycles. The molecule has 0 aliphatic carbocycles. The summed E-state index contributed by atoms with van der Waals surface area (Å²) in [6, 6.07) is 8.26. The number of aromatic amines is 1. The van der Waals surface area contributed by atoms with E-state index in [1.807, 2.05) is 0 Å². The van der Waals surface area contributed by atoms with Gasteiger partial charge in [0.25, 0.3) is 17.1 Å². The van der Waals surface area contributed by atoms with E-state index < -0.39 is 59.5 Å². The summed E-state index contributed by atoms with van der Waals surface area (Å²) >= 11 is 0. The minimum Gasteiger partial charge on any atom is -0.477 e. The molecule has 1 aromatic carbocycles. The average molecular weight is 457 g/mol. The summed E-state index contributed by atoms with van der Waals surface area (Å²) in [4.78, 5) is 36.8. The molecule has 14 heteroatoms. The molecular weight excluding hydrogens is 437 g/mol. The lowest BCUT2D eigenvalue weighted by molar-refractivity contribution is -0.433. The smallest absolute Gasteiger partial charge is 0.342 e. The van der Waals surface area contributed by atoms with Gasteiger partial charge in [0.05, 0.1) is 6.61 Å². The Balaban J connectivity index is 2.14. The molecule has 13 nitrogen and oxygen atoms in total. The molecule has 1 aliphatic rings. The van der Waals surface area contributed by atoms with E-state index in [1.165, 1.54) is 4.98 Å². The Morgan fingerprint density at radius 3 is 2.41 bits per heavy atom. The SMILES string of the molecule is O=C(O)c1cn([C@]2(O)O[C@H](CO)[C@](O)(F)[C@]2(O)N(O)CCc2ccccc2)c(=O)[nH]c1=O. The number of hydroxylamine groups is 2. The van der Waals surface area contributed by atoms with E-state index in [1.54, 1.807) is 30.3 Å². The zero-order valence-corrected chi connectivity index (χ0v) is 16.3. The number of nitrogens with one attached hydrogen (secondary N) is 1. The van der Waals surface area contributed by atoms with Crippen molar-refractivity contribution >= 4 is 5.97 Å². The van der Waals surface area contributed by atoms with E-state index in [0.717, 1.165) is 0 Å². The highest BCUT2D eigenvalue weighted by Crippen LogP contribution is 2.50. The number of carbonyl (C=O) groups is 1. The van der Waals surface area contributed by atoms with Crippen LogP contribution in [0.15, 0.2) is 46.1 Å². The fraction of sp³-hybridized carbons (Fsp3) is 0.389. The maximum Gasteiger partial charge on any atom is 0.342 e. The number of halogens is 1. The van der Waals surface area contributed by atoms with E-state index in [4.69, 9.17) is 9.84 Å². The maximum absolute atomic E-state index is 15.3. The third-order valence-electron chi connectivity index (χ3n) is 5.17. The molecule has 0 radical (unpaired) electrons. The van der Waals surface area contributed by atoms with Gasteiger partial charge in [0.15, 0.2) is 0 Å². The molecule has 4 atom stereocenters. The lowest BCUT2D eigenvalue weighted by atomic mass is 9.97. The Morgan fingerprint density at radius 1 is 1.22 bits per heavy atom. The lowest BCUT2D eigenvalue weighted by Crippen LogP contribution is -2.72. The summed E-state index contributed by atoms with van der Waals surface area (Å²) < 4.78 is 20.0. The molecule has 32 heavy (non-hydrogen) atoms. The van der Waals surface area contributed by atoms with Gasteiger partial charge in [0, 0.05) is 12.7 Å². The number of hydrogen-bond acceptors (Lipinski definition) is 10. The number of aliphatic hydroxyl groups is 4. The molecule has 0 amide bonds. The van der Waals surface area contributed by atoms with Gasteiger partial charge in [-0.05, 0) is 12.0 Å². The number of aromatic nitrogens is 2. The first-order valence-corrected chi connectivity index (χ1v) is 9.15. The van der Waals surface area contributed by atoms with Gasteiger partial charge < -0.3 is 35.5 Å². The third kappa shape index (κ3) is 3.43. The molecular formula is C18H20FN3O10. The number of aromatic carboxylic acids is 1. The van der Waals surface area contributed by atoms with Gasteiger partial charge >= 0.3 is 17.6 Å². The van der Waals surface area contributed by atoms with Crippen molar-refractivity contribution in [3.8, 4) is 0 Å². The van der Waals surface area contributed by atoms with Crippen molar-refractivity contribution in [3.63, 3.8) is 0 Å². The molecule has 0 spiro atoms. The number of benzene rings is 1. The van der Waals surface area contributed by atoms with E-state index in [9.17, 15) is 40.0 Å². The largest absolute Gasteiger partial charge is 0.477 e. The number of hydrogen-bond donors (Lipinski definition) is 7. The van der Waals surface area contributed by atoms with Gasteiger partial charge in [-0.2, -0.15) is 0 Å². The van der Waals surface area contributed by atoms with E-state index in [0.29, 0.717) is 5.56 Å². The molecule has 1 aromatic heterocycles. The molecule has 1 saturated heterocycles. The van der Waals surface area contributed by atoms with Crippen molar-refractivity contribution in [2.24, 2.45) is 0 Å². The highest BCUT2D eigenvalue weighted by molar-refractivity contribution is 5.86. The van der Waals surface area contributed by atoms with Crippen LogP contribution in [0.2, 0.25) is 0 Å². The number of rotatable bonds is 7. The van der Waals surface area contributed by atoms with Crippen LogP contribution < -0.4 is 11.2 Å². The minimum absolute atomic E-state index is 0.0590. The molecule has 0 unspecified atom stereocenters. The number of nitrogens with zero attached hydrogens (tertiary/aromatic N) is 2. The van der Waals surface area contributed by atoms with Crippen molar-refractivity contribution in [2.45, 2.75) is 30.0 Å².